The summed E-state index contributed by atoms with van der Waals surface area (Å²) in [7, 11) is 0. The fourth-order valence-electron chi connectivity index (χ4n) is 1.37. The molecular weight excluding hydrogens is 235 g/mol. The summed E-state index contributed by atoms with van der Waals surface area (Å²) in [5, 5.41) is 3.24. The van der Waals surface area contributed by atoms with Gasteiger partial charge < -0.3 is 5.32 Å². The first-order chi connectivity index (χ1) is 8.34. The normalized spacial score (nSPS) is 10.2. The molecular formula is C13H13FN2S. The first-order valence-electron chi connectivity index (χ1n) is 5.37. The number of aromatic nitrogens is 1. The van der Waals surface area contributed by atoms with Crippen LogP contribution in [0.3, 0.4) is 0 Å². The summed E-state index contributed by atoms with van der Waals surface area (Å²) in [5.74, 6) is 0.753. The molecule has 0 fully saturated rings. The van der Waals surface area contributed by atoms with E-state index in [0.29, 0.717) is 0 Å². The number of halogens is 1. The van der Waals surface area contributed by atoms with Gasteiger partial charge in [0.15, 0.2) is 0 Å². The van der Waals surface area contributed by atoms with Crippen molar-refractivity contribution >= 4 is 17.4 Å². The highest BCUT2D eigenvalue weighted by Gasteiger charge is 1.94. The van der Waals surface area contributed by atoms with Gasteiger partial charge in [0.05, 0.1) is 0 Å². The SMILES string of the molecule is Fc1ccc(NCCSc2ccncc2)cc1. The highest BCUT2D eigenvalue weighted by molar-refractivity contribution is 7.99. The molecule has 2 rings (SSSR count). The number of thioether (sulfide) groups is 1. The minimum absolute atomic E-state index is 0.207. The molecule has 0 saturated heterocycles. The molecule has 1 aromatic heterocycles. The molecule has 0 radical (unpaired) electrons. The third-order valence-corrected chi connectivity index (χ3v) is 3.21. The molecule has 0 unspecified atom stereocenters. The Morgan fingerprint density at radius 1 is 1.06 bits per heavy atom. The Labute approximate surface area is 104 Å². The van der Waals surface area contributed by atoms with E-state index in [-0.39, 0.29) is 5.82 Å². The summed E-state index contributed by atoms with van der Waals surface area (Å²) < 4.78 is 12.7. The lowest BCUT2D eigenvalue weighted by molar-refractivity contribution is 0.628. The number of pyridine rings is 1. The highest BCUT2D eigenvalue weighted by Crippen LogP contribution is 2.16. The molecule has 17 heavy (non-hydrogen) atoms. The van der Waals surface area contributed by atoms with Crippen molar-refractivity contribution < 1.29 is 4.39 Å². The zero-order valence-corrected chi connectivity index (χ0v) is 10.1. The highest BCUT2D eigenvalue weighted by atomic mass is 32.2. The molecule has 0 bridgehead atoms. The largest absolute Gasteiger partial charge is 0.384 e. The zero-order valence-electron chi connectivity index (χ0n) is 9.27. The minimum Gasteiger partial charge on any atom is -0.384 e. The second kappa shape index (κ2) is 6.25. The number of benzene rings is 1. The van der Waals surface area contributed by atoms with Gasteiger partial charge in [-0.2, -0.15) is 0 Å². The van der Waals surface area contributed by atoms with E-state index < -0.39 is 0 Å². The number of hydrogen-bond acceptors (Lipinski definition) is 3. The van der Waals surface area contributed by atoms with Gasteiger partial charge in [0, 0.05) is 35.3 Å². The van der Waals surface area contributed by atoms with Crippen molar-refractivity contribution in [1.82, 2.24) is 4.98 Å². The van der Waals surface area contributed by atoms with Crippen molar-refractivity contribution in [3.05, 3.63) is 54.6 Å². The van der Waals surface area contributed by atoms with E-state index >= 15 is 0 Å². The van der Waals surface area contributed by atoms with Crippen molar-refractivity contribution in [2.75, 3.05) is 17.6 Å². The first kappa shape index (κ1) is 11.9. The maximum absolute atomic E-state index is 12.7. The molecule has 2 aromatic rings. The van der Waals surface area contributed by atoms with Gasteiger partial charge in [-0.1, -0.05) is 0 Å². The van der Waals surface area contributed by atoms with Gasteiger partial charge in [-0.25, -0.2) is 4.39 Å². The number of anilines is 1. The first-order valence-corrected chi connectivity index (χ1v) is 6.35. The second-order valence-corrected chi connectivity index (χ2v) is 4.63. The Balaban J connectivity index is 1.71. The molecule has 1 heterocycles. The lowest BCUT2D eigenvalue weighted by atomic mass is 10.3. The Morgan fingerprint density at radius 2 is 1.76 bits per heavy atom. The van der Waals surface area contributed by atoms with Crippen LogP contribution in [0.25, 0.3) is 0 Å². The monoisotopic (exact) mass is 248 g/mol. The fourth-order valence-corrected chi connectivity index (χ4v) is 2.12. The fraction of sp³-hybridized carbons (Fsp3) is 0.154. The number of hydrogen-bond donors (Lipinski definition) is 1. The van der Waals surface area contributed by atoms with Gasteiger partial charge in [0.2, 0.25) is 0 Å². The molecule has 0 atom stereocenters. The van der Waals surface area contributed by atoms with Crippen LogP contribution in [0.15, 0.2) is 53.7 Å². The molecule has 0 aliphatic heterocycles. The van der Waals surface area contributed by atoms with Gasteiger partial charge in [0.1, 0.15) is 5.82 Å². The van der Waals surface area contributed by atoms with Crippen LogP contribution in [0, 0.1) is 5.82 Å². The van der Waals surface area contributed by atoms with E-state index in [9.17, 15) is 4.39 Å². The maximum Gasteiger partial charge on any atom is 0.123 e. The van der Waals surface area contributed by atoms with Gasteiger partial charge in [-0.15, -0.1) is 11.8 Å². The van der Waals surface area contributed by atoms with E-state index in [4.69, 9.17) is 0 Å². The smallest absolute Gasteiger partial charge is 0.123 e. The molecule has 1 N–H and O–H groups in total. The van der Waals surface area contributed by atoms with E-state index in [1.165, 1.54) is 17.0 Å². The number of rotatable bonds is 5. The van der Waals surface area contributed by atoms with E-state index in [2.05, 4.69) is 10.3 Å². The standard InChI is InChI=1S/C13H13FN2S/c14-11-1-3-12(4-2-11)16-9-10-17-13-5-7-15-8-6-13/h1-8,16H,9-10H2. The molecule has 0 spiro atoms. The van der Waals surface area contributed by atoms with Crippen LogP contribution in [0.5, 0.6) is 0 Å². The molecule has 1 aromatic carbocycles. The van der Waals surface area contributed by atoms with Crippen LogP contribution in [-0.2, 0) is 0 Å². The van der Waals surface area contributed by atoms with Crippen molar-refractivity contribution in [3.8, 4) is 0 Å². The predicted octanol–water partition coefficient (Wildman–Crippen LogP) is 3.42. The van der Waals surface area contributed by atoms with Crippen molar-refractivity contribution in [1.29, 1.82) is 0 Å². The van der Waals surface area contributed by atoms with Crippen LogP contribution in [-0.4, -0.2) is 17.3 Å². The van der Waals surface area contributed by atoms with Gasteiger partial charge >= 0.3 is 0 Å². The second-order valence-electron chi connectivity index (χ2n) is 3.47. The van der Waals surface area contributed by atoms with E-state index in [1.807, 2.05) is 12.1 Å². The summed E-state index contributed by atoms with van der Waals surface area (Å²) in [6.07, 6.45) is 3.57. The Hall–Kier alpha value is -1.55. The Bertz CT molecular complexity index is 445. The summed E-state index contributed by atoms with van der Waals surface area (Å²) in [5.41, 5.74) is 0.946. The molecule has 0 aliphatic rings. The van der Waals surface area contributed by atoms with Crippen LogP contribution in [0.2, 0.25) is 0 Å². The topological polar surface area (TPSA) is 24.9 Å². The Kier molecular flexibility index (Phi) is 4.38. The van der Waals surface area contributed by atoms with Crippen molar-refractivity contribution in [2.24, 2.45) is 0 Å². The lowest BCUT2D eigenvalue weighted by Crippen LogP contribution is -2.03. The Morgan fingerprint density at radius 3 is 2.47 bits per heavy atom. The lowest BCUT2D eigenvalue weighted by Gasteiger charge is -2.05. The quantitative estimate of drug-likeness (QED) is 0.648. The van der Waals surface area contributed by atoms with Crippen molar-refractivity contribution in [2.45, 2.75) is 4.90 Å². The zero-order chi connectivity index (χ0) is 11.9. The third kappa shape index (κ3) is 4.07. The van der Waals surface area contributed by atoms with E-state index in [0.717, 1.165) is 18.0 Å². The average Bonchev–Trinajstić information content (AvgIpc) is 2.38. The van der Waals surface area contributed by atoms with Gasteiger partial charge in [-0.05, 0) is 36.4 Å². The van der Waals surface area contributed by atoms with Gasteiger partial charge in [0.25, 0.3) is 0 Å². The molecule has 2 nitrogen and oxygen atoms in total. The summed E-state index contributed by atoms with van der Waals surface area (Å²) in [6.45, 7) is 0.846. The predicted molar refractivity (Wildman–Crippen MR) is 69.9 cm³/mol. The molecule has 4 heteroatoms. The minimum atomic E-state index is -0.207. The molecule has 0 saturated carbocycles. The molecule has 0 aliphatic carbocycles. The third-order valence-electron chi connectivity index (χ3n) is 2.19. The van der Waals surface area contributed by atoms with Crippen LogP contribution < -0.4 is 5.32 Å². The molecule has 0 amide bonds. The van der Waals surface area contributed by atoms with Crippen LogP contribution >= 0.6 is 11.8 Å². The van der Waals surface area contributed by atoms with E-state index in [1.54, 1.807) is 36.3 Å². The van der Waals surface area contributed by atoms with Crippen LogP contribution in [0.4, 0.5) is 10.1 Å². The average molecular weight is 248 g/mol. The summed E-state index contributed by atoms with van der Waals surface area (Å²) in [6, 6.07) is 10.4. The summed E-state index contributed by atoms with van der Waals surface area (Å²) >= 11 is 1.77. The van der Waals surface area contributed by atoms with Crippen LogP contribution in [0.1, 0.15) is 0 Å². The van der Waals surface area contributed by atoms with Crippen molar-refractivity contribution in [3.63, 3.8) is 0 Å². The number of nitrogens with zero attached hydrogens (tertiary/aromatic N) is 1. The van der Waals surface area contributed by atoms with Gasteiger partial charge in [-0.3, -0.25) is 4.98 Å². The molecule has 88 valence electrons. The number of nitrogens with one attached hydrogen (secondary N) is 1. The summed E-state index contributed by atoms with van der Waals surface area (Å²) in [4.78, 5) is 5.17. The maximum atomic E-state index is 12.7.